The number of hydrogen-bond donors (Lipinski definition) is 1. The predicted octanol–water partition coefficient (Wildman–Crippen LogP) is 5.07. The largest absolute Gasteiger partial charge is 0.506 e. The van der Waals surface area contributed by atoms with E-state index in [9.17, 15) is 9.90 Å². The van der Waals surface area contributed by atoms with Crippen LogP contribution in [-0.2, 0) is 9.53 Å². The molecule has 0 radical (unpaired) electrons. The molecule has 1 atom stereocenters. The molecule has 172 valence electrons. The third-order valence-corrected chi connectivity index (χ3v) is 7.06. The number of ether oxygens (including phenoxy) is 1. The molecule has 2 aromatic rings. The first kappa shape index (κ1) is 21.6. The summed E-state index contributed by atoms with van der Waals surface area (Å²) in [7, 11) is 1.73. The van der Waals surface area contributed by atoms with Gasteiger partial charge in [-0.2, -0.15) is 0 Å². The molecule has 1 aromatic heterocycles. The molecular weight excluding hydrogens is 414 g/mol. The van der Waals surface area contributed by atoms with Crippen molar-refractivity contribution in [2.45, 2.75) is 57.9 Å². The first-order valence-electron chi connectivity index (χ1n) is 11.9. The highest BCUT2D eigenvalue weighted by molar-refractivity contribution is 5.99. The van der Waals surface area contributed by atoms with Crippen LogP contribution in [0.15, 0.2) is 59.3 Å². The van der Waals surface area contributed by atoms with Crippen LogP contribution in [0.2, 0.25) is 0 Å². The van der Waals surface area contributed by atoms with Gasteiger partial charge in [0, 0.05) is 24.7 Å². The molecule has 6 heteroatoms. The Kier molecular flexibility index (Phi) is 5.83. The number of benzene rings is 1. The maximum Gasteiger partial charge on any atom is 0.250 e. The topological polar surface area (TPSA) is 67.6 Å². The Balaban J connectivity index is 1.40. The molecule has 2 aliphatic carbocycles. The minimum absolute atomic E-state index is 0.117. The summed E-state index contributed by atoms with van der Waals surface area (Å²) in [5, 5.41) is 10.6. The number of amides is 1. The number of allylic oxidation sites excluding steroid dienone is 2. The van der Waals surface area contributed by atoms with E-state index in [1.807, 2.05) is 31.3 Å². The average molecular weight is 446 g/mol. The fourth-order valence-electron chi connectivity index (χ4n) is 5.38. The van der Waals surface area contributed by atoms with Crippen LogP contribution in [0.5, 0.6) is 5.75 Å². The second kappa shape index (κ2) is 8.93. The summed E-state index contributed by atoms with van der Waals surface area (Å²) in [5.41, 5.74) is 6.00. The first-order valence-corrected chi connectivity index (χ1v) is 11.9. The molecule has 1 amide bonds. The van der Waals surface area contributed by atoms with Crippen molar-refractivity contribution < 1.29 is 14.6 Å². The Bertz CT molecular complexity index is 1170. The van der Waals surface area contributed by atoms with E-state index in [1.54, 1.807) is 24.1 Å². The number of rotatable bonds is 4. The van der Waals surface area contributed by atoms with Gasteiger partial charge in [-0.05, 0) is 80.9 Å². The Hall–Kier alpha value is -3.28. The lowest BCUT2D eigenvalue weighted by Gasteiger charge is -2.40. The second-order valence-corrected chi connectivity index (χ2v) is 9.22. The standard InChI is InChI=1S/C27H31N3O3/c1-18-16-29(17-28-18)25-11-8-19(14-26(25)31)13-21-6-4-12-30(27(21)32)24-7-3-5-20-9-10-22(33-2)15-23(20)24/h8,11,13-17,24,31H,3-7,9-10,12H2,1-2H3/b21-13+. The zero-order chi connectivity index (χ0) is 22.9. The van der Waals surface area contributed by atoms with E-state index in [-0.39, 0.29) is 17.7 Å². The van der Waals surface area contributed by atoms with Crippen molar-refractivity contribution in [1.82, 2.24) is 14.5 Å². The summed E-state index contributed by atoms with van der Waals surface area (Å²) in [6.45, 7) is 2.70. The normalized spacial score (nSPS) is 22.4. The molecule has 1 aliphatic heterocycles. The lowest BCUT2D eigenvalue weighted by Crippen LogP contribution is -2.46. The van der Waals surface area contributed by atoms with E-state index < -0.39 is 0 Å². The quantitative estimate of drug-likeness (QED) is 0.668. The van der Waals surface area contributed by atoms with Gasteiger partial charge < -0.3 is 19.3 Å². The number of methoxy groups -OCH3 is 1. The van der Waals surface area contributed by atoms with Gasteiger partial charge in [0.1, 0.15) is 5.75 Å². The van der Waals surface area contributed by atoms with Crippen molar-refractivity contribution in [3.63, 3.8) is 0 Å². The lowest BCUT2D eigenvalue weighted by atomic mass is 9.80. The molecule has 6 nitrogen and oxygen atoms in total. The predicted molar refractivity (Wildman–Crippen MR) is 128 cm³/mol. The Morgan fingerprint density at radius 3 is 2.82 bits per heavy atom. The number of piperidine rings is 1. The van der Waals surface area contributed by atoms with E-state index in [1.165, 1.54) is 11.1 Å². The lowest BCUT2D eigenvalue weighted by molar-refractivity contribution is -0.130. The number of hydrogen-bond acceptors (Lipinski definition) is 4. The van der Waals surface area contributed by atoms with E-state index in [4.69, 9.17) is 4.74 Å². The van der Waals surface area contributed by atoms with Crippen LogP contribution >= 0.6 is 0 Å². The molecule has 0 bridgehead atoms. The second-order valence-electron chi connectivity index (χ2n) is 9.22. The van der Waals surface area contributed by atoms with Crippen LogP contribution in [0.4, 0.5) is 0 Å². The number of likely N-dealkylation sites (tertiary alicyclic amines) is 1. The third kappa shape index (κ3) is 4.22. The first-order chi connectivity index (χ1) is 16.0. The number of phenols is 1. The summed E-state index contributed by atoms with van der Waals surface area (Å²) in [4.78, 5) is 19.8. The van der Waals surface area contributed by atoms with Gasteiger partial charge in [-0.1, -0.05) is 11.6 Å². The number of carbonyl (C=O) groups excluding carboxylic acids is 1. The van der Waals surface area contributed by atoms with E-state index in [0.29, 0.717) is 5.69 Å². The Morgan fingerprint density at radius 1 is 1.18 bits per heavy atom. The molecule has 1 unspecified atom stereocenters. The Labute approximate surface area is 194 Å². The van der Waals surface area contributed by atoms with Crippen molar-refractivity contribution in [3.05, 3.63) is 70.5 Å². The van der Waals surface area contributed by atoms with Gasteiger partial charge in [-0.3, -0.25) is 4.79 Å². The third-order valence-electron chi connectivity index (χ3n) is 7.06. The molecular formula is C27H31N3O3. The highest BCUT2D eigenvalue weighted by atomic mass is 16.5. The van der Waals surface area contributed by atoms with Crippen molar-refractivity contribution in [2.24, 2.45) is 0 Å². The zero-order valence-corrected chi connectivity index (χ0v) is 19.4. The van der Waals surface area contributed by atoms with E-state index >= 15 is 0 Å². The molecule has 1 N–H and O–H groups in total. The SMILES string of the molecule is COC1=CC2=C(CCCC2N2CCC/C(=C\c3ccc(-n4cnc(C)c4)c(O)c3)C2=O)CC1. The van der Waals surface area contributed by atoms with Gasteiger partial charge in [0.05, 0.1) is 36.6 Å². The molecule has 5 rings (SSSR count). The maximum atomic E-state index is 13.5. The fourth-order valence-corrected chi connectivity index (χ4v) is 5.38. The van der Waals surface area contributed by atoms with Gasteiger partial charge in [0.15, 0.2) is 0 Å². The number of carbonyl (C=O) groups is 1. The fraction of sp³-hybridized carbons (Fsp3) is 0.407. The van der Waals surface area contributed by atoms with Gasteiger partial charge in [0.2, 0.25) is 5.91 Å². The summed E-state index contributed by atoms with van der Waals surface area (Å²) in [5.74, 6) is 1.31. The molecule has 3 aliphatic rings. The van der Waals surface area contributed by atoms with Crippen LogP contribution in [0.1, 0.15) is 56.2 Å². The minimum Gasteiger partial charge on any atom is -0.506 e. The average Bonchev–Trinajstić information content (AvgIpc) is 3.25. The van der Waals surface area contributed by atoms with Crippen molar-refractivity contribution in [3.8, 4) is 11.4 Å². The summed E-state index contributed by atoms with van der Waals surface area (Å²) in [6, 6.07) is 5.67. The molecule has 0 saturated carbocycles. The van der Waals surface area contributed by atoms with E-state index in [2.05, 4.69) is 16.0 Å². The number of aromatic hydroxyl groups is 1. The molecule has 1 fully saturated rings. The van der Waals surface area contributed by atoms with Crippen LogP contribution in [-0.4, -0.2) is 45.2 Å². The summed E-state index contributed by atoms with van der Waals surface area (Å²) in [6.07, 6.45) is 14.7. The Morgan fingerprint density at radius 2 is 2.06 bits per heavy atom. The van der Waals surface area contributed by atoms with Crippen LogP contribution in [0, 0.1) is 6.92 Å². The highest BCUT2D eigenvalue weighted by Gasteiger charge is 2.34. The van der Waals surface area contributed by atoms with Gasteiger partial charge in [-0.25, -0.2) is 4.98 Å². The van der Waals surface area contributed by atoms with E-state index in [0.717, 1.165) is 74.1 Å². The van der Waals surface area contributed by atoms with Crippen molar-refractivity contribution >= 4 is 12.0 Å². The molecule has 0 spiro atoms. The van der Waals surface area contributed by atoms with Crippen LogP contribution < -0.4 is 0 Å². The monoisotopic (exact) mass is 445 g/mol. The molecule has 1 aromatic carbocycles. The maximum absolute atomic E-state index is 13.5. The van der Waals surface area contributed by atoms with Crippen LogP contribution in [0.25, 0.3) is 11.8 Å². The van der Waals surface area contributed by atoms with Gasteiger partial charge in [-0.15, -0.1) is 0 Å². The molecule has 1 saturated heterocycles. The highest BCUT2D eigenvalue weighted by Crippen LogP contribution is 2.38. The van der Waals surface area contributed by atoms with Gasteiger partial charge >= 0.3 is 0 Å². The minimum atomic E-state index is 0.117. The number of imidazole rings is 1. The molecule has 2 heterocycles. The molecule has 33 heavy (non-hydrogen) atoms. The number of phenolic OH excluding ortho intramolecular Hbond substituents is 1. The van der Waals surface area contributed by atoms with Crippen molar-refractivity contribution in [1.29, 1.82) is 0 Å². The van der Waals surface area contributed by atoms with Crippen molar-refractivity contribution in [2.75, 3.05) is 13.7 Å². The summed E-state index contributed by atoms with van der Waals surface area (Å²) < 4.78 is 7.34. The number of aryl methyl sites for hydroxylation is 1. The smallest absolute Gasteiger partial charge is 0.250 e. The van der Waals surface area contributed by atoms with Gasteiger partial charge in [0.25, 0.3) is 0 Å². The summed E-state index contributed by atoms with van der Waals surface area (Å²) >= 11 is 0. The number of nitrogens with zero attached hydrogens (tertiary/aromatic N) is 3. The zero-order valence-electron chi connectivity index (χ0n) is 19.4. The van der Waals surface area contributed by atoms with Crippen LogP contribution in [0.3, 0.4) is 0 Å². The number of aromatic nitrogens is 2.